The molecule has 3 rings (SSSR count). The summed E-state index contributed by atoms with van der Waals surface area (Å²) in [7, 11) is 0. The largest absolute Gasteiger partial charge is 0.323 e. The zero-order chi connectivity index (χ0) is 14.8. The van der Waals surface area contributed by atoms with Gasteiger partial charge in [-0.2, -0.15) is 0 Å². The number of hydrogen-bond donors (Lipinski definition) is 0. The summed E-state index contributed by atoms with van der Waals surface area (Å²) in [4.78, 5) is 8.70. The summed E-state index contributed by atoms with van der Waals surface area (Å²) < 4.78 is 15.9. The molecule has 0 N–H and O–H groups in total. The standard InChI is InChI=1S/C16H15ClFN3/c1-11-5-6-12(9-19-11)10-21-14-4-2-3-13(18)16(14)20-15(21)7-8-17/h2-6,9H,7-8,10H2,1H3. The van der Waals surface area contributed by atoms with Gasteiger partial charge in [0.15, 0.2) is 5.82 Å². The molecule has 0 aliphatic carbocycles. The summed E-state index contributed by atoms with van der Waals surface area (Å²) in [6, 6.07) is 9.00. The van der Waals surface area contributed by atoms with Gasteiger partial charge in [0.1, 0.15) is 11.3 Å². The maximum atomic E-state index is 13.9. The Balaban J connectivity index is 2.08. The second-order valence-corrected chi connectivity index (χ2v) is 5.35. The number of para-hydroxylation sites is 1. The van der Waals surface area contributed by atoms with Crippen LogP contribution in [-0.4, -0.2) is 20.4 Å². The highest BCUT2D eigenvalue weighted by Crippen LogP contribution is 2.21. The molecular weight excluding hydrogens is 289 g/mol. The number of halogens is 2. The number of hydrogen-bond acceptors (Lipinski definition) is 2. The van der Waals surface area contributed by atoms with Crippen LogP contribution in [0.2, 0.25) is 0 Å². The van der Waals surface area contributed by atoms with Crippen LogP contribution in [0.5, 0.6) is 0 Å². The second-order valence-electron chi connectivity index (χ2n) is 4.97. The van der Waals surface area contributed by atoms with Crippen LogP contribution in [-0.2, 0) is 13.0 Å². The third-order valence-corrected chi connectivity index (χ3v) is 3.63. The van der Waals surface area contributed by atoms with Gasteiger partial charge in [-0.05, 0) is 30.7 Å². The van der Waals surface area contributed by atoms with E-state index < -0.39 is 0 Å². The van der Waals surface area contributed by atoms with Gasteiger partial charge in [0.2, 0.25) is 0 Å². The van der Waals surface area contributed by atoms with E-state index in [2.05, 4.69) is 9.97 Å². The first-order chi connectivity index (χ1) is 10.2. The Morgan fingerprint density at radius 2 is 2.10 bits per heavy atom. The van der Waals surface area contributed by atoms with Gasteiger partial charge in [-0.15, -0.1) is 11.6 Å². The Morgan fingerprint density at radius 3 is 2.81 bits per heavy atom. The van der Waals surface area contributed by atoms with E-state index in [-0.39, 0.29) is 5.82 Å². The fourth-order valence-electron chi connectivity index (χ4n) is 2.39. The van der Waals surface area contributed by atoms with Crippen molar-refractivity contribution >= 4 is 22.6 Å². The SMILES string of the molecule is Cc1ccc(Cn2c(CCCl)nc3c(F)cccc32)cn1. The van der Waals surface area contributed by atoms with E-state index in [1.807, 2.05) is 35.9 Å². The van der Waals surface area contributed by atoms with Crippen LogP contribution in [0, 0.1) is 12.7 Å². The molecule has 0 saturated carbocycles. The molecule has 0 fully saturated rings. The van der Waals surface area contributed by atoms with Crippen molar-refractivity contribution in [2.24, 2.45) is 0 Å². The molecule has 3 aromatic rings. The second kappa shape index (κ2) is 5.82. The number of pyridine rings is 1. The van der Waals surface area contributed by atoms with Gasteiger partial charge in [0, 0.05) is 24.2 Å². The van der Waals surface area contributed by atoms with Crippen molar-refractivity contribution in [2.75, 3.05) is 5.88 Å². The molecule has 2 aromatic heterocycles. The normalized spacial score (nSPS) is 11.2. The van der Waals surface area contributed by atoms with Crippen molar-refractivity contribution < 1.29 is 4.39 Å². The van der Waals surface area contributed by atoms with Crippen molar-refractivity contribution in [3.8, 4) is 0 Å². The number of aromatic nitrogens is 3. The number of rotatable bonds is 4. The molecule has 0 radical (unpaired) electrons. The van der Waals surface area contributed by atoms with Crippen molar-refractivity contribution in [1.29, 1.82) is 0 Å². The lowest BCUT2D eigenvalue weighted by atomic mass is 10.2. The monoisotopic (exact) mass is 303 g/mol. The van der Waals surface area contributed by atoms with Crippen molar-refractivity contribution in [1.82, 2.24) is 14.5 Å². The molecule has 5 heteroatoms. The van der Waals surface area contributed by atoms with E-state index in [1.54, 1.807) is 6.07 Å². The predicted molar refractivity (Wildman–Crippen MR) is 82.2 cm³/mol. The van der Waals surface area contributed by atoms with Crippen LogP contribution in [0.15, 0.2) is 36.5 Å². The molecule has 0 unspecified atom stereocenters. The van der Waals surface area contributed by atoms with Gasteiger partial charge >= 0.3 is 0 Å². The quantitative estimate of drug-likeness (QED) is 0.688. The van der Waals surface area contributed by atoms with Gasteiger partial charge in [-0.3, -0.25) is 4.98 Å². The zero-order valence-electron chi connectivity index (χ0n) is 11.7. The Bertz CT molecular complexity index is 765. The van der Waals surface area contributed by atoms with Crippen LogP contribution in [0.4, 0.5) is 4.39 Å². The smallest absolute Gasteiger partial charge is 0.151 e. The third kappa shape index (κ3) is 2.76. The van der Waals surface area contributed by atoms with E-state index in [4.69, 9.17) is 11.6 Å². The van der Waals surface area contributed by atoms with Crippen LogP contribution in [0.3, 0.4) is 0 Å². The van der Waals surface area contributed by atoms with Crippen LogP contribution in [0.25, 0.3) is 11.0 Å². The lowest BCUT2D eigenvalue weighted by Crippen LogP contribution is -2.06. The van der Waals surface area contributed by atoms with Crippen LogP contribution in [0.1, 0.15) is 17.1 Å². The number of aryl methyl sites for hydroxylation is 2. The molecule has 0 atom stereocenters. The van der Waals surface area contributed by atoms with Crippen molar-refractivity contribution in [2.45, 2.75) is 19.9 Å². The molecule has 0 spiro atoms. The Kier molecular flexibility index (Phi) is 3.88. The van der Waals surface area contributed by atoms with Crippen molar-refractivity contribution in [3.05, 3.63) is 59.4 Å². The minimum Gasteiger partial charge on any atom is -0.323 e. The summed E-state index contributed by atoms with van der Waals surface area (Å²) >= 11 is 5.84. The van der Waals surface area contributed by atoms with Gasteiger partial charge in [-0.25, -0.2) is 9.37 Å². The molecule has 21 heavy (non-hydrogen) atoms. The summed E-state index contributed by atoms with van der Waals surface area (Å²) in [5.41, 5.74) is 3.22. The molecule has 0 aliphatic heterocycles. The van der Waals surface area contributed by atoms with Crippen LogP contribution >= 0.6 is 11.6 Å². The summed E-state index contributed by atoms with van der Waals surface area (Å²) in [6.45, 7) is 2.56. The highest BCUT2D eigenvalue weighted by atomic mass is 35.5. The van der Waals surface area contributed by atoms with Gasteiger partial charge in [-0.1, -0.05) is 12.1 Å². The lowest BCUT2D eigenvalue weighted by molar-refractivity contribution is 0.637. The molecule has 0 aliphatic rings. The van der Waals surface area contributed by atoms with E-state index in [0.717, 1.165) is 22.6 Å². The van der Waals surface area contributed by atoms with E-state index >= 15 is 0 Å². The molecule has 0 amide bonds. The fraction of sp³-hybridized carbons (Fsp3) is 0.250. The van der Waals surface area contributed by atoms with Crippen LogP contribution < -0.4 is 0 Å². The van der Waals surface area contributed by atoms with Crippen molar-refractivity contribution in [3.63, 3.8) is 0 Å². The summed E-state index contributed by atoms with van der Waals surface area (Å²) in [5, 5.41) is 0. The lowest BCUT2D eigenvalue weighted by Gasteiger charge is -2.08. The molecule has 0 saturated heterocycles. The predicted octanol–water partition coefficient (Wildman–Crippen LogP) is 3.71. The number of imidazole rings is 1. The highest BCUT2D eigenvalue weighted by Gasteiger charge is 2.13. The van der Waals surface area contributed by atoms with E-state index in [1.165, 1.54) is 6.07 Å². The number of alkyl halides is 1. The minimum atomic E-state index is -0.302. The fourth-order valence-corrected chi connectivity index (χ4v) is 2.56. The average molecular weight is 304 g/mol. The molecule has 2 heterocycles. The first-order valence-electron chi connectivity index (χ1n) is 6.80. The first-order valence-corrected chi connectivity index (χ1v) is 7.33. The van der Waals surface area contributed by atoms with Gasteiger partial charge in [0.25, 0.3) is 0 Å². The first kappa shape index (κ1) is 14.0. The van der Waals surface area contributed by atoms with Gasteiger partial charge < -0.3 is 4.57 Å². The number of fused-ring (bicyclic) bond motifs is 1. The molecule has 3 nitrogen and oxygen atoms in total. The van der Waals surface area contributed by atoms with E-state index in [9.17, 15) is 4.39 Å². The Labute approximate surface area is 127 Å². The minimum absolute atomic E-state index is 0.302. The molecule has 108 valence electrons. The van der Waals surface area contributed by atoms with E-state index in [0.29, 0.717) is 24.4 Å². The number of benzene rings is 1. The average Bonchev–Trinajstić information content (AvgIpc) is 2.82. The summed E-state index contributed by atoms with van der Waals surface area (Å²) in [6.07, 6.45) is 2.44. The van der Waals surface area contributed by atoms with Gasteiger partial charge in [0.05, 0.1) is 12.1 Å². The maximum absolute atomic E-state index is 13.9. The molecule has 1 aromatic carbocycles. The topological polar surface area (TPSA) is 30.7 Å². The maximum Gasteiger partial charge on any atom is 0.151 e. The summed E-state index contributed by atoms with van der Waals surface area (Å²) in [5.74, 6) is 0.951. The zero-order valence-corrected chi connectivity index (χ0v) is 12.4. The Morgan fingerprint density at radius 1 is 1.24 bits per heavy atom. The molecule has 0 bridgehead atoms. The third-order valence-electron chi connectivity index (χ3n) is 3.44. The molecular formula is C16H15ClFN3. The number of nitrogens with zero attached hydrogens (tertiary/aromatic N) is 3. The Hall–Kier alpha value is -1.94. The highest BCUT2D eigenvalue weighted by molar-refractivity contribution is 6.17.